The first-order valence-electron chi connectivity index (χ1n) is 5.56. The molecule has 0 heterocycles. The first-order valence-corrected chi connectivity index (χ1v) is 6.36. The molecule has 0 amide bonds. The predicted octanol–water partition coefficient (Wildman–Crippen LogP) is 3.92. The molecule has 2 rings (SSSR count). The molecule has 0 radical (unpaired) electrons. The number of isocyanates is 1. The van der Waals surface area contributed by atoms with Gasteiger partial charge in [-0.1, -0.05) is 15.9 Å². The van der Waals surface area contributed by atoms with Crippen LogP contribution in [0.3, 0.4) is 0 Å². The highest BCUT2D eigenvalue weighted by molar-refractivity contribution is 9.10. The van der Waals surface area contributed by atoms with Crippen LogP contribution >= 0.6 is 15.9 Å². The lowest BCUT2D eigenvalue weighted by molar-refractivity contribution is 0.245. The molecule has 0 atom stereocenters. The van der Waals surface area contributed by atoms with Gasteiger partial charge in [0.05, 0.1) is 0 Å². The van der Waals surface area contributed by atoms with E-state index >= 15 is 0 Å². The van der Waals surface area contributed by atoms with Gasteiger partial charge >= 0.3 is 0 Å². The maximum absolute atomic E-state index is 14.3. The lowest BCUT2D eigenvalue weighted by Gasteiger charge is -2.38. The fourth-order valence-electron chi connectivity index (χ4n) is 2.41. The highest BCUT2D eigenvalue weighted by Crippen LogP contribution is 2.48. The molecule has 0 aliphatic heterocycles. The molecule has 0 bridgehead atoms. The zero-order valence-corrected chi connectivity index (χ0v) is 11.4. The quantitative estimate of drug-likeness (QED) is 0.601. The molecule has 2 nitrogen and oxygen atoms in total. The minimum Gasteiger partial charge on any atom is -0.211 e. The van der Waals surface area contributed by atoms with Gasteiger partial charge in [-0.05, 0) is 50.3 Å². The van der Waals surface area contributed by atoms with E-state index in [2.05, 4.69) is 20.9 Å². The average Bonchev–Trinajstić information content (AvgIpc) is 2.23. The fourth-order valence-corrected chi connectivity index (χ4v) is 2.95. The fraction of sp³-hybridized carbons (Fsp3) is 0.462. The van der Waals surface area contributed by atoms with E-state index in [-0.39, 0.29) is 5.82 Å². The van der Waals surface area contributed by atoms with E-state index in [1.54, 1.807) is 19.1 Å². The van der Waals surface area contributed by atoms with Crippen LogP contribution in [-0.4, -0.2) is 6.08 Å². The van der Waals surface area contributed by atoms with Crippen molar-refractivity contribution >= 4 is 22.0 Å². The van der Waals surface area contributed by atoms with Gasteiger partial charge in [0.2, 0.25) is 6.08 Å². The molecular formula is C13H13BrFNO. The normalized spacial score (nSPS) is 17.2. The Bertz CT molecular complexity index is 490. The van der Waals surface area contributed by atoms with Crippen LogP contribution in [0.15, 0.2) is 15.5 Å². The molecule has 4 heteroatoms. The van der Waals surface area contributed by atoms with Crippen molar-refractivity contribution in [2.45, 2.75) is 38.6 Å². The van der Waals surface area contributed by atoms with Crippen LogP contribution in [0.4, 0.5) is 4.39 Å². The van der Waals surface area contributed by atoms with Crippen molar-refractivity contribution in [3.8, 4) is 0 Å². The lowest BCUT2D eigenvalue weighted by Crippen LogP contribution is -2.34. The summed E-state index contributed by atoms with van der Waals surface area (Å²) in [5, 5.41) is 0. The van der Waals surface area contributed by atoms with Gasteiger partial charge in [0.25, 0.3) is 0 Å². The number of nitrogens with zero attached hydrogens (tertiary/aromatic N) is 1. The van der Waals surface area contributed by atoms with E-state index in [1.165, 1.54) is 0 Å². The Labute approximate surface area is 108 Å². The van der Waals surface area contributed by atoms with Crippen molar-refractivity contribution in [1.29, 1.82) is 0 Å². The first kappa shape index (κ1) is 12.5. The van der Waals surface area contributed by atoms with Crippen molar-refractivity contribution in [3.63, 3.8) is 0 Å². The van der Waals surface area contributed by atoms with Crippen molar-refractivity contribution in [3.05, 3.63) is 33.0 Å². The van der Waals surface area contributed by atoms with E-state index < -0.39 is 5.54 Å². The molecule has 0 spiro atoms. The number of carbonyl (C=O) groups excluding carboxylic acids is 1. The molecule has 1 aliphatic rings. The molecule has 0 saturated heterocycles. The third kappa shape index (κ3) is 1.85. The van der Waals surface area contributed by atoms with Crippen LogP contribution < -0.4 is 0 Å². The number of hydrogen-bond donors (Lipinski definition) is 0. The Morgan fingerprint density at radius 1 is 1.47 bits per heavy atom. The molecule has 0 N–H and O–H groups in total. The number of aliphatic imine (C=N–C) groups is 1. The van der Waals surface area contributed by atoms with E-state index in [0.29, 0.717) is 11.1 Å². The summed E-state index contributed by atoms with van der Waals surface area (Å²) in [6.07, 6.45) is 4.00. The Hall–Kier alpha value is -0.990. The maximum Gasteiger partial charge on any atom is 0.235 e. The highest BCUT2D eigenvalue weighted by atomic mass is 79.9. The van der Waals surface area contributed by atoms with Gasteiger partial charge in [-0.3, -0.25) is 0 Å². The third-order valence-electron chi connectivity index (χ3n) is 3.55. The second-order valence-electron chi connectivity index (χ2n) is 4.58. The van der Waals surface area contributed by atoms with Crippen LogP contribution in [-0.2, 0) is 10.3 Å². The molecule has 0 aromatic heterocycles. The zero-order valence-electron chi connectivity index (χ0n) is 9.81. The number of aryl methyl sites for hydroxylation is 1. The van der Waals surface area contributed by atoms with Crippen molar-refractivity contribution < 1.29 is 9.18 Å². The van der Waals surface area contributed by atoms with Gasteiger partial charge in [0.1, 0.15) is 11.4 Å². The van der Waals surface area contributed by atoms with Crippen LogP contribution in [0, 0.1) is 19.7 Å². The monoisotopic (exact) mass is 297 g/mol. The van der Waals surface area contributed by atoms with Crippen LogP contribution in [0.1, 0.15) is 36.0 Å². The molecule has 1 fully saturated rings. The standard InChI is InChI=1S/C13H13BrFNO/c1-8-6-10(14)9(2)11(12(8)15)13(16-7-17)4-3-5-13/h6H,3-5H2,1-2H3. The summed E-state index contributed by atoms with van der Waals surface area (Å²) in [6, 6.07) is 1.76. The number of rotatable bonds is 2. The molecule has 0 unspecified atom stereocenters. The van der Waals surface area contributed by atoms with Crippen molar-refractivity contribution in [2.24, 2.45) is 4.99 Å². The van der Waals surface area contributed by atoms with Crippen LogP contribution in [0.5, 0.6) is 0 Å². The Balaban J connectivity index is 2.69. The van der Waals surface area contributed by atoms with Gasteiger partial charge < -0.3 is 0 Å². The summed E-state index contributed by atoms with van der Waals surface area (Å²) in [6.45, 7) is 3.57. The van der Waals surface area contributed by atoms with Gasteiger partial charge in [-0.2, -0.15) is 4.99 Å². The minimum atomic E-state index is -0.676. The predicted molar refractivity (Wildman–Crippen MR) is 67.2 cm³/mol. The molecule has 1 aromatic rings. The van der Waals surface area contributed by atoms with Gasteiger partial charge in [0.15, 0.2) is 0 Å². The molecule has 1 aliphatic carbocycles. The Morgan fingerprint density at radius 2 is 2.12 bits per heavy atom. The summed E-state index contributed by atoms with van der Waals surface area (Å²) < 4.78 is 15.1. The molecule has 1 saturated carbocycles. The number of hydrogen-bond acceptors (Lipinski definition) is 2. The molecule has 17 heavy (non-hydrogen) atoms. The SMILES string of the molecule is Cc1cc(Br)c(C)c(C2(N=C=O)CCC2)c1F. The third-order valence-corrected chi connectivity index (χ3v) is 4.37. The zero-order chi connectivity index (χ0) is 12.6. The van der Waals surface area contributed by atoms with Crippen molar-refractivity contribution in [2.75, 3.05) is 0 Å². The topological polar surface area (TPSA) is 29.4 Å². The molecule has 90 valence electrons. The Morgan fingerprint density at radius 3 is 2.59 bits per heavy atom. The summed E-state index contributed by atoms with van der Waals surface area (Å²) in [5.41, 5.74) is 1.28. The van der Waals surface area contributed by atoms with E-state index in [0.717, 1.165) is 29.3 Å². The largest absolute Gasteiger partial charge is 0.235 e. The minimum absolute atomic E-state index is 0.246. The first-order chi connectivity index (χ1) is 8.02. The van der Waals surface area contributed by atoms with Gasteiger partial charge in [0, 0.05) is 10.0 Å². The second-order valence-corrected chi connectivity index (χ2v) is 5.43. The summed E-state index contributed by atoms with van der Waals surface area (Å²) >= 11 is 3.42. The van der Waals surface area contributed by atoms with E-state index in [4.69, 9.17) is 0 Å². The van der Waals surface area contributed by atoms with Crippen LogP contribution in [0.2, 0.25) is 0 Å². The molecular weight excluding hydrogens is 285 g/mol. The van der Waals surface area contributed by atoms with Crippen LogP contribution in [0.25, 0.3) is 0 Å². The molecule has 1 aromatic carbocycles. The van der Waals surface area contributed by atoms with E-state index in [1.807, 2.05) is 6.92 Å². The smallest absolute Gasteiger partial charge is 0.211 e. The number of halogens is 2. The summed E-state index contributed by atoms with van der Waals surface area (Å²) in [4.78, 5) is 14.4. The Kier molecular flexibility index (Phi) is 3.19. The summed E-state index contributed by atoms with van der Waals surface area (Å²) in [5.74, 6) is -0.246. The van der Waals surface area contributed by atoms with Crippen molar-refractivity contribution in [1.82, 2.24) is 0 Å². The average molecular weight is 298 g/mol. The second kappa shape index (κ2) is 4.35. The highest BCUT2D eigenvalue weighted by Gasteiger charge is 2.42. The lowest BCUT2D eigenvalue weighted by atomic mass is 9.70. The van der Waals surface area contributed by atoms with Gasteiger partial charge in [-0.25, -0.2) is 9.18 Å². The maximum atomic E-state index is 14.3. The summed E-state index contributed by atoms with van der Waals surface area (Å²) in [7, 11) is 0. The van der Waals surface area contributed by atoms with E-state index in [9.17, 15) is 9.18 Å². The van der Waals surface area contributed by atoms with Gasteiger partial charge in [-0.15, -0.1) is 0 Å². The number of benzene rings is 1.